The van der Waals surface area contributed by atoms with Gasteiger partial charge in [-0.25, -0.2) is 0 Å². The smallest absolute Gasteiger partial charge is 0.270 e. The molecule has 0 saturated carbocycles. The normalized spacial score (nSPS) is 10.3. The number of non-ortho nitro benzene ring substituents is 1. The lowest BCUT2D eigenvalue weighted by Gasteiger charge is -2.11. The molecule has 0 fully saturated rings. The first-order valence-corrected chi connectivity index (χ1v) is 8.81. The summed E-state index contributed by atoms with van der Waals surface area (Å²) < 4.78 is 0. The number of thioether (sulfide) groups is 1. The summed E-state index contributed by atoms with van der Waals surface area (Å²) in [5.74, 6) is -0.845. The second-order valence-corrected chi connectivity index (χ2v) is 6.81. The molecule has 0 saturated heterocycles. The zero-order valence-corrected chi connectivity index (χ0v) is 15.5. The van der Waals surface area contributed by atoms with Crippen LogP contribution in [0.2, 0.25) is 0 Å². The van der Waals surface area contributed by atoms with Gasteiger partial charge in [0.25, 0.3) is 11.6 Å². The van der Waals surface area contributed by atoms with Gasteiger partial charge in [0.15, 0.2) is 0 Å². The lowest BCUT2D eigenvalue weighted by Crippen LogP contribution is -2.42. The molecule has 2 amide bonds. The number of amides is 2. The van der Waals surface area contributed by atoms with E-state index in [1.165, 1.54) is 30.0 Å². The van der Waals surface area contributed by atoms with Gasteiger partial charge in [-0.1, -0.05) is 23.8 Å². The van der Waals surface area contributed by atoms with Gasteiger partial charge in [-0.05, 0) is 38.0 Å². The number of nitro benzene ring substituents is 1. The molecule has 2 rings (SSSR count). The molecule has 2 aromatic carbocycles. The topological polar surface area (TPSA) is 101 Å². The average molecular weight is 373 g/mol. The Morgan fingerprint density at radius 1 is 1.08 bits per heavy atom. The fourth-order valence-electron chi connectivity index (χ4n) is 2.53. The molecular weight excluding hydrogens is 354 g/mol. The van der Waals surface area contributed by atoms with Crippen LogP contribution in [0, 0.1) is 30.9 Å². The fourth-order valence-corrected chi connectivity index (χ4v) is 3.45. The minimum Gasteiger partial charge on any atom is -0.272 e. The van der Waals surface area contributed by atoms with Crippen molar-refractivity contribution in [1.82, 2.24) is 10.9 Å². The molecule has 2 N–H and O–H groups in total. The van der Waals surface area contributed by atoms with Crippen molar-refractivity contribution in [2.45, 2.75) is 25.7 Å². The van der Waals surface area contributed by atoms with Crippen LogP contribution in [0.15, 0.2) is 41.3 Å². The number of rotatable bonds is 5. The van der Waals surface area contributed by atoms with Crippen molar-refractivity contribution < 1.29 is 14.5 Å². The average Bonchev–Trinajstić information content (AvgIpc) is 2.58. The zero-order valence-electron chi connectivity index (χ0n) is 14.7. The molecule has 0 aliphatic rings. The Morgan fingerprint density at radius 2 is 1.73 bits per heavy atom. The predicted octanol–water partition coefficient (Wildman–Crippen LogP) is 3.07. The first-order valence-electron chi connectivity index (χ1n) is 7.82. The van der Waals surface area contributed by atoms with Crippen molar-refractivity contribution in [3.8, 4) is 0 Å². The van der Waals surface area contributed by atoms with Crippen molar-refractivity contribution >= 4 is 29.3 Å². The molecule has 0 atom stereocenters. The van der Waals surface area contributed by atoms with Crippen LogP contribution in [0.4, 0.5) is 5.69 Å². The molecule has 0 aliphatic carbocycles. The summed E-state index contributed by atoms with van der Waals surface area (Å²) in [4.78, 5) is 35.1. The minimum absolute atomic E-state index is 0.0948. The second-order valence-electron chi connectivity index (χ2n) is 5.83. The van der Waals surface area contributed by atoms with E-state index < -0.39 is 10.8 Å². The summed E-state index contributed by atoms with van der Waals surface area (Å²) in [6, 6.07) is 9.39. The van der Waals surface area contributed by atoms with E-state index in [2.05, 4.69) is 23.0 Å². The third-order valence-corrected chi connectivity index (χ3v) is 4.93. The molecule has 26 heavy (non-hydrogen) atoms. The first kappa shape index (κ1) is 19.5. The van der Waals surface area contributed by atoms with Gasteiger partial charge in [0, 0.05) is 22.6 Å². The summed E-state index contributed by atoms with van der Waals surface area (Å²) in [5, 5.41) is 10.7. The highest BCUT2D eigenvalue weighted by molar-refractivity contribution is 8.00. The van der Waals surface area contributed by atoms with Crippen molar-refractivity contribution in [2.24, 2.45) is 0 Å². The number of aryl methyl sites for hydroxylation is 3. The number of nitro groups is 1. The molecule has 0 bridgehead atoms. The van der Waals surface area contributed by atoms with Gasteiger partial charge in [0.05, 0.1) is 10.7 Å². The fraction of sp³-hybridized carbons (Fsp3) is 0.222. The summed E-state index contributed by atoms with van der Waals surface area (Å²) >= 11 is 1.39. The van der Waals surface area contributed by atoms with Crippen LogP contribution in [0.3, 0.4) is 0 Å². The lowest BCUT2D eigenvalue weighted by atomic mass is 10.1. The first-order chi connectivity index (χ1) is 12.3. The molecule has 0 aromatic heterocycles. The number of hydrogen-bond acceptors (Lipinski definition) is 5. The number of nitrogens with one attached hydrogen (secondary N) is 2. The zero-order chi connectivity index (χ0) is 19.3. The Hall–Kier alpha value is -2.87. The molecule has 8 heteroatoms. The summed E-state index contributed by atoms with van der Waals surface area (Å²) in [5.41, 5.74) is 7.85. The molecule has 0 spiro atoms. The highest BCUT2D eigenvalue weighted by Gasteiger charge is 2.13. The van der Waals surface area contributed by atoms with Crippen LogP contribution < -0.4 is 10.9 Å². The van der Waals surface area contributed by atoms with E-state index in [1.54, 1.807) is 0 Å². The van der Waals surface area contributed by atoms with E-state index in [-0.39, 0.29) is 22.9 Å². The Morgan fingerprint density at radius 3 is 2.35 bits per heavy atom. The van der Waals surface area contributed by atoms with Crippen molar-refractivity contribution in [3.05, 3.63) is 68.8 Å². The van der Waals surface area contributed by atoms with Gasteiger partial charge in [-0.2, -0.15) is 0 Å². The van der Waals surface area contributed by atoms with Crippen LogP contribution in [0.5, 0.6) is 0 Å². The highest BCUT2D eigenvalue weighted by atomic mass is 32.2. The van der Waals surface area contributed by atoms with E-state index in [9.17, 15) is 19.7 Å². The molecule has 136 valence electrons. The number of hydrogen-bond donors (Lipinski definition) is 2. The Balaban J connectivity index is 1.90. The third-order valence-electron chi connectivity index (χ3n) is 3.59. The number of carbonyl (C=O) groups excluding carboxylic acids is 2. The molecule has 0 aliphatic heterocycles. The van der Waals surface area contributed by atoms with Gasteiger partial charge < -0.3 is 0 Å². The molecule has 0 radical (unpaired) electrons. The van der Waals surface area contributed by atoms with E-state index in [4.69, 9.17) is 0 Å². The van der Waals surface area contributed by atoms with Crippen molar-refractivity contribution in [2.75, 3.05) is 5.75 Å². The quantitative estimate of drug-likeness (QED) is 0.476. The summed E-state index contributed by atoms with van der Waals surface area (Å²) in [6.45, 7) is 6.00. The van der Waals surface area contributed by atoms with Crippen molar-refractivity contribution in [3.63, 3.8) is 0 Å². The van der Waals surface area contributed by atoms with Crippen LogP contribution in [0.1, 0.15) is 27.0 Å². The summed E-state index contributed by atoms with van der Waals surface area (Å²) in [7, 11) is 0. The van der Waals surface area contributed by atoms with Gasteiger partial charge in [0.2, 0.25) is 5.91 Å². The Kier molecular flexibility index (Phi) is 6.35. The third kappa shape index (κ3) is 5.06. The standard InChI is InChI=1S/C18H19N3O4S/c1-11-7-12(2)17(13(3)8-11)26-10-16(22)19-20-18(23)14-5-4-6-15(9-14)21(24)25/h4-9H,10H2,1-3H3,(H,19,22)(H,20,23). The Labute approximate surface area is 155 Å². The maximum absolute atomic E-state index is 12.0. The molecular formula is C18H19N3O4S. The van der Waals surface area contributed by atoms with Crippen LogP contribution >= 0.6 is 11.8 Å². The predicted molar refractivity (Wildman–Crippen MR) is 100 cm³/mol. The van der Waals surface area contributed by atoms with Gasteiger partial charge in [0.1, 0.15) is 0 Å². The maximum atomic E-state index is 12.0. The van der Waals surface area contributed by atoms with Gasteiger partial charge >= 0.3 is 0 Å². The van der Waals surface area contributed by atoms with Gasteiger partial charge in [-0.3, -0.25) is 30.6 Å². The monoisotopic (exact) mass is 373 g/mol. The van der Waals surface area contributed by atoms with E-state index in [1.807, 2.05) is 20.8 Å². The highest BCUT2D eigenvalue weighted by Crippen LogP contribution is 2.27. The van der Waals surface area contributed by atoms with Crippen LogP contribution in [0.25, 0.3) is 0 Å². The SMILES string of the molecule is Cc1cc(C)c(SCC(=O)NNC(=O)c2cccc([N+](=O)[O-])c2)c(C)c1. The number of nitrogens with zero attached hydrogens (tertiary/aromatic N) is 1. The molecule has 0 heterocycles. The number of carbonyl (C=O) groups is 2. The molecule has 0 unspecified atom stereocenters. The van der Waals surface area contributed by atoms with E-state index in [0.717, 1.165) is 27.7 Å². The largest absolute Gasteiger partial charge is 0.272 e. The van der Waals surface area contributed by atoms with Crippen molar-refractivity contribution in [1.29, 1.82) is 0 Å². The Bertz CT molecular complexity index is 844. The molecule has 2 aromatic rings. The lowest BCUT2D eigenvalue weighted by molar-refractivity contribution is -0.384. The summed E-state index contributed by atoms with van der Waals surface area (Å²) in [6.07, 6.45) is 0. The van der Waals surface area contributed by atoms with E-state index in [0.29, 0.717) is 0 Å². The van der Waals surface area contributed by atoms with E-state index >= 15 is 0 Å². The van der Waals surface area contributed by atoms with Crippen LogP contribution in [-0.2, 0) is 4.79 Å². The minimum atomic E-state index is -0.616. The second kappa shape index (κ2) is 8.48. The number of hydrazine groups is 1. The van der Waals surface area contributed by atoms with Crippen LogP contribution in [-0.4, -0.2) is 22.5 Å². The van der Waals surface area contributed by atoms with Gasteiger partial charge in [-0.15, -0.1) is 11.8 Å². The number of benzene rings is 2. The molecule has 7 nitrogen and oxygen atoms in total. The maximum Gasteiger partial charge on any atom is 0.270 e.